The summed E-state index contributed by atoms with van der Waals surface area (Å²) in [6.45, 7) is 7.42. The van der Waals surface area contributed by atoms with E-state index < -0.39 is 0 Å². The molecule has 4 nitrogen and oxygen atoms in total. The van der Waals surface area contributed by atoms with Crippen LogP contribution in [-0.4, -0.2) is 50.3 Å². The number of hydrogen-bond acceptors (Lipinski definition) is 4. The van der Waals surface area contributed by atoms with Crippen LogP contribution in [0.5, 0.6) is 0 Å². The second-order valence-corrected chi connectivity index (χ2v) is 3.94. The molecule has 0 aromatic heterocycles. The smallest absolute Gasteiger partial charge is 0.309 e. The summed E-state index contributed by atoms with van der Waals surface area (Å²) >= 11 is 0. The highest BCUT2D eigenvalue weighted by Crippen LogP contribution is 2.17. The van der Waals surface area contributed by atoms with Crippen molar-refractivity contribution in [2.24, 2.45) is 5.92 Å². The van der Waals surface area contributed by atoms with Gasteiger partial charge in [-0.05, 0) is 6.42 Å². The van der Waals surface area contributed by atoms with Gasteiger partial charge in [0.1, 0.15) is 0 Å². The van der Waals surface area contributed by atoms with Crippen molar-refractivity contribution in [3.63, 3.8) is 0 Å². The fourth-order valence-corrected chi connectivity index (χ4v) is 2.18. The summed E-state index contributed by atoms with van der Waals surface area (Å²) in [6.07, 6.45) is 0.969. The van der Waals surface area contributed by atoms with Crippen molar-refractivity contribution in [3.05, 3.63) is 0 Å². The van der Waals surface area contributed by atoms with Gasteiger partial charge in [0.2, 0.25) is 0 Å². The van der Waals surface area contributed by atoms with Crippen LogP contribution in [0.3, 0.4) is 0 Å². The molecular formula is C11H21NO3. The molecule has 0 aliphatic carbocycles. The summed E-state index contributed by atoms with van der Waals surface area (Å²) in [5.74, 6) is -0.175. The molecule has 88 valence electrons. The predicted molar refractivity (Wildman–Crippen MR) is 57.7 cm³/mol. The number of carbonyl (C=O) groups is 1. The molecule has 4 heteroatoms. The summed E-state index contributed by atoms with van der Waals surface area (Å²) in [5.41, 5.74) is 0. The van der Waals surface area contributed by atoms with E-state index in [4.69, 9.17) is 9.47 Å². The second kappa shape index (κ2) is 6.08. The van der Waals surface area contributed by atoms with Gasteiger partial charge in [0.25, 0.3) is 0 Å². The van der Waals surface area contributed by atoms with E-state index in [0.717, 1.165) is 32.7 Å². The van der Waals surface area contributed by atoms with E-state index >= 15 is 0 Å². The van der Waals surface area contributed by atoms with Crippen molar-refractivity contribution in [1.29, 1.82) is 0 Å². The molecule has 0 bridgehead atoms. The molecule has 0 aromatic carbocycles. The van der Waals surface area contributed by atoms with Crippen LogP contribution >= 0.6 is 0 Å². The van der Waals surface area contributed by atoms with Crippen LogP contribution in [0, 0.1) is 5.92 Å². The molecule has 0 radical (unpaired) electrons. The largest absolute Gasteiger partial charge is 0.469 e. The standard InChI is InChI=1S/C11H21NO3/c1-4-10(9(2)11(13)14-3)12-5-7-15-8-6-12/h9-10H,4-8H2,1-3H3. The van der Waals surface area contributed by atoms with Gasteiger partial charge in [-0.2, -0.15) is 0 Å². The molecule has 1 fully saturated rings. The Morgan fingerprint density at radius 1 is 1.47 bits per heavy atom. The molecule has 1 aliphatic rings. The Balaban J connectivity index is 2.56. The maximum Gasteiger partial charge on any atom is 0.309 e. The second-order valence-electron chi connectivity index (χ2n) is 3.94. The highest BCUT2D eigenvalue weighted by Gasteiger charge is 2.29. The van der Waals surface area contributed by atoms with Crippen LogP contribution < -0.4 is 0 Å². The van der Waals surface area contributed by atoms with Crippen LogP contribution in [0.15, 0.2) is 0 Å². The molecule has 0 saturated carbocycles. The lowest BCUT2D eigenvalue weighted by Gasteiger charge is -2.36. The number of methoxy groups -OCH3 is 1. The Bertz CT molecular complexity index is 202. The maximum absolute atomic E-state index is 11.5. The first-order valence-electron chi connectivity index (χ1n) is 5.60. The molecular weight excluding hydrogens is 194 g/mol. The average molecular weight is 215 g/mol. The minimum absolute atomic E-state index is 0.0573. The minimum Gasteiger partial charge on any atom is -0.469 e. The van der Waals surface area contributed by atoms with Crippen molar-refractivity contribution < 1.29 is 14.3 Å². The molecule has 1 saturated heterocycles. The molecule has 1 heterocycles. The molecule has 0 amide bonds. The molecule has 2 unspecified atom stereocenters. The predicted octanol–water partition coefficient (Wildman–Crippen LogP) is 0.906. The summed E-state index contributed by atoms with van der Waals surface area (Å²) in [7, 11) is 1.45. The summed E-state index contributed by atoms with van der Waals surface area (Å²) < 4.78 is 10.1. The molecule has 1 rings (SSSR count). The van der Waals surface area contributed by atoms with Crippen LogP contribution in [0.4, 0.5) is 0 Å². The zero-order valence-electron chi connectivity index (χ0n) is 9.86. The Morgan fingerprint density at radius 2 is 2.07 bits per heavy atom. The van der Waals surface area contributed by atoms with Gasteiger partial charge in [0, 0.05) is 19.1 Å². The van der Waals surface area contributed by atoms with E-state index in [0.29, 0.717) is 0 Å². The molecule has 1 aliphatic heterocycles. The molecule has 0 spiro atoms. The number of hydrogen-bond donors (Lipinski definition) is 0. The van der Waals surface area contributed by atoms with Crippen molar-refractivity contribution in [1.82, 2.24) is 4.90 Å². The van der Waals surface area contributed by atoms with Crippen molar-refractivity contribution in [2.45, 2.75) is 26.3 Å². The fourth-order valence-electron chi connectivity index (χ4n) is 2.18. The highest BCUT2D eigenvalue weighted by atomic mass is 16.5. The average Bonchev–Trinajstić information content (AvgIpc) is 2.30. The lowest BCUT2D eigenvalue weighted by atomic mass is 9.97. The van der Waals surface area contributed by atoms with Gasteiger partial charge in [0.15, 0.2) is 0 Å². The van der Waals surface area contributed by atoms with Gasteiger partial charge in [0.05, 0.1) is 26.2 Å². The molecule has 0 aromatic rings. The Kier molecular flexibility index (Phi) is 5.05. The summed E-state index contributed by atoms with van der Waals surface area (Å²) in [4.78, 5) is 13.8. The molecule has 15 heavy (non-hydrogen) atoms. The van der Waals surface area contributed by atoms with Crippen molar-refractivity contribution in [2.75, 3.05) is 33.4 Å². The van der Waals surface area contributed by atoms with Crippen LogP contribution in [0.2, 0.25) is 0 Å². The van der Waals surface area contributed by atoms with E-state index in [2.05, 4.69) is 11.8 Å². The number of morpholine rings is 1. The lowest BCUT2D eigenvalue weighted by Crippen LogP contribution is -2.48. The van der Waals surface area contributed by atoms with Gasteiger partial charge in [-0.3, -0.25) is 9.69 Å². The highest BCUT2D eigenvalue weighted by molar-refractivity contribution is 5.72. The first-order chi connectivity index (χ1) is 7.20. The first kappa shape index (κ1) is 12.5. The minimum atomic E-state index is -0.117. The number of rotatable bonds is 4. The maximum atomic E-state index is 11.5. The third-order valence-electron chi connectivity index (χ3n) is 3.08. The van der Waals surface area contributed by atoms with Gasteiger partial charge < -0.3 is 9.47 Å². The zero-order valence-corrected chi connectivity index (χ0v) is 9.86. The van der Waals surface area contributed by atoms with Gasteiger partial charge in [-0.25, -0.2) is 0 Å². The topological polar surface area (TPSA) is 38.8 Å². The molecule has 2 atom stereocenters. The number of esters is 1. The van der Waals surface area contributed by atoms with Gasteiger partial charge >= 0.3 is 5.97 Å². The Morgan fingerprint density at radius 3 is 2.53 bits per heavy atom. The quantitative estimate of drug-likeness (QED) is 0.653. The normalized spacial score (nSPS) is 22.1. The van der Waals surface area contributed by atoms with E-state index in [-0.39, 0.29) is 17.9 Å². The summed E-state index contributed by atoms with van der Waals surface area (Å²) in [5, 5.41) is 0. The third-order valence-corrected chi connectivity index (χ3v) is 3.08. The fraction of sp³-hybridized carbons (Fsp3) is 0.909. The molecule has 0 N–H and O–H groups in total. The monoisotopic (exact) mass is 215 g/mol. The van der Waals surface area contributed by atoms with E-state index in [1.165, 1.54) is 7.11 Å². The van der Waals surface area contributed by atoms with Crippen molar-refractivity contribution in [3.8, 4) is 0 Å². The third kappa shape index (κ3) is 3.18. The van der Waals surface area contributed by atoms with Crippen LogP contribution in [0.1, 0.15) is 20.3 Å². The first-order valence-corrected chi connectivity index (χ1v) is 5.60. The van der Waals surface area contributed by atoms with E-state index in [1.807, 2.05) is 6.92 Å². The van der Waals surface area contributed by atoms with Gasteiger partial charge in [-0.1, -0.05) is 13.8 Å². The van der Waals surface area contributed by atoms with E-state index in [9.17, 15) is 4.79 Å². The van der Waals surface area contributed by atoms with Gasteiger partial charge in [-0.15, -0.1) is 0 Å². The zero-order chi connectivity index (χ0) is 11.3. The summed E-state index contributed by atoms with van der Waals surface area (Å²) in [6, 6.07) is 0.279. The van der Waals surface area contributed by atoms with Crippen molar-refractivity contribution >= 4 is 5.97 Å². The van der Waals surface area contributed by atoms with Crippen LogP contribution in [-0.2, 0) is 14.3 Å². The number of ether oxygens (including phenoxy) is 2. The Hall–Kier alpha value is -0.610. The number of nitrogens with zero attached hydrogens (tertiary/aromatic N) is 1. The number of carbonyl (C=O) groups excluding carboxylic acids is 1. The lowest BCUT2D eigenvalue weighted by molar-refractivity contribution is -0.148. The van der Waals surface area contributed by atoms with Crippen LogP contribution in [0.25, 0.3) is 0 Å². The SMILES string of the molecule is CCC(C(C)C(=O)OC)N1CCOCC1. The Labute approximate surface area is 91.5 Å². The van der Waals surface area contributed by atoms with E-state index in [1.54, 1.807) is 0 Å².